The predicted molar refractivity (Wildman–Crippen MR) is 121 cm³/mol. The quantitative estimate of drug-likeness (QED) is 0.310. The fraction of sp³-hybridized carbons (Fsp3) is 0.200. The van der Waals surface area contributed by atoms with Crippen molar-refractivity contribution in [1.82, 2.24) is 5.43 Å². The molecular formula is C20H22BrN3O5S. The van der Waals surface area contributed by atoms with Crippen molar-refractivity contribution in [3.05, 3.63) is 65.2 Å². The van der Waals surface area contributed by atoms with Gasteiger partial charge in [0.05, 0.1) is 29.7 Å². The van der Waals surface area contributed by atoms with Crippen LogP contribution in [0.3, 0.4) is 0 Å². The number of nitrogens with zero attached hydrogens (tertiary/aromatic N) is 2. The third kappa shape index (κ3) is 6.60. The van der Waals surface area contributed by atoms with Crippen LogP contribution in [-0.4, -0.2) is 47.1 Å². The molecule has 0 spiro atoms. The molecule has 0 unspecified atom stereocenters. The zero-order valence-corrected chi connectivity index (χ0v) is 18.9. The molecule has 0 aliphatic carbocycles. The molecule has 0 aliphatic heterocycles. The Labute approximate surface area is 184 Å². The van der Waals surface area contributed by atoms with Crippen LogP contribution in [-0.2, 0) is 14.8 Å². The minimum atomic E-state index is -3.64. The normalized spacial score (nSPS) is 11.2. The van der Waals surface area contributed by atoms with Gasteiger partial charge in [0.2, 0.25) is 10.0 Å². The summed E-state index contributed by atoms with van der Waals surface area (Å²) in [6, 6.07) is 11.8. The lowest BCUT2D eigenvalue weighted by Gasteiger charge is -2.21. The van der Waals surface area contributed by atoms with Crippen LogP contribution in [0.1, 0.15) is 5.56 Å². The van der Waals surface area contributed by atoms with Gasteiger partial charge in [0.25, 0.3) is 5.91 Å². The van der Waals surface area contributed by atoms with Crippen LogP contribution >= 0.6 is 15.9 Å². The van der Waals surface area contributed by atoms with Crippen LogP contribution < -0.4 is 19.2 Å². The van der Waals surface area contributed by atoms with Crippen LogP contribution in [0.15, 0.2) is 64.7 Å². The monoisotopic (exact) mass is 495 g/mol. The van der Waals surface area contributed by atoms with Crippen molar-refractivity contribution in [3.63, 3.8) is 0 Å². The SMILES string of the molecule is C=CCOc1c(Br)cc(/C=N\NC(=O)CN(c2ccccc2)S(C)(=O)=O)cc1OC. The number of hydrogen-bond acceptors (Lipinski definition) is 6. The van der Waals surface area contributed by atoms with Gasteiger partial charge >= 0.3 is 0 Å². The van der Waals surface area contributed by atoms with Gasteiger partial charge in [-0.2, -0.15) is 5.10 Å². The van der Waals surface area contributed by atoms with Crippen molar-refractivity contribution in [2.24, 2.45) is 5.10 Å². The first-order valence-electron chi connectivity index (χ1n) is 8.72. The number of carbonyl (C=O) groups is 1. The molecular weight excluding hydrogens is 474 g/mol. The Morgan fingerprint density at radius 1 is 1.30 bits per heavy atom. The van der Waals surface area contributed by atoms with Gasteiger partial charge in [0, 0.05) is 0 Å². The van der Waals surface area contributed by atoms with E-state index in [1.165, 1.54) is 13.3 Å². The van der Waals surface area contributed by atoms with E-state index in [1.54, 1.807) is 48.5 Å². The summed E-state index contributed by atoms with van der Waals surface area (Å²) >= 11 is 3.41. The van der Waals surface area contributed by atoms with Gasteiger partial charge in [-0.25, -0.2) is 13.8 Å². The number of methoxy groups -OCH3 is 1. The number of hydrogen-bond donors (Lipinski definition) is 1. The molecule has 2 aromatic rings. The van der Waals surface area contributed by atoms with E-state index in [0.717, 1.165) is 10.6 Å². The summed E-state index contributed by atoms with van der Waals surface area (Å²) < 4.78 is 36.6. The highest BCUT2D eigenvalue weighted by molar-refractivity contribution is 9.10. The number of carbonyl (C=O) groups excluding carboxylic acids is 1. The molecule has 1 N–H and O–H groups in total. The lowest BCUT2D eigenvalue weighted by Crippen LogP contribution is -2.38. The third-order valence-electron chi connectivity index (χ3n) is 3.73. The molecule has 0 heterocycles. The Bertz CT molecular complexity index is 1030. The minimum absolute atomic E-state index is 0.316. The summed E-state index contributed by atoms with van der Waals surface area (Å²) in [4.78, 5) is 12.2. The lowest BCUT2D eigenvalue weighted by molar-refractivity contribution is -0.119. The average Bonchev–Trinajstić information content (AvgIpc) is 2.70. The van der Waals surface area contributed by atoms with E-state index < -0.39 is 22.5 Å². The van der Waals surface area contributed by atoms with Crippen molar-refractivity contribution in [3.8, 4) is 11.5 Å². The third-order valence-corrected chi connectivity index (χ3v) is 5.46. The summed E-state index contributed by atoms with van der Waals surface area (Å²) in [7, 11) is -2.13. The number of hydrazone groups is 1. The van der Waals surface area contributed by atoms with E-state index in [-0.39, 0.29) is 0 Å². The van der Waals surface area contributed by atoms with E-state index in [2.05, 4.69) is 33.0 Å². The maximum atomic E-state index is 12.2. The highest BCUT2D eigenvalue weighted by Crippen LogP contribution is 2.36. The van der Waals surface area contributed by atoms with Crippen LogP contribution in [0.25, 0.3) is 0 Å². The van der Waals surface area contributed by atoms with E-state index in [4.69, 9.17) is 9.47 Å². The Morgan fingerprint density at radius 3 is 2.60 bits per heavy atom. The molecule has 0 bridgehead atoms. The molecule has 0 saturated heterocycles. The second kappa shape index (κ2) is 10.8. The molecule has 1 amide bonds. The number of sulfonamides is 1. The maximum Gasteiger partial charge on any atom is 0.260 e. The second-order valence-corrected chi connectivity index (χ2v) is 8.79. The van der Waals surface area contributed by atoms with Crippen molar-refractivity contribution in [1.29, 1.82) is 0 Å². The smallest absolute Gasteiger partial charge is 0.260 e. The number of halogens is 1. The summed E-state index contributed by atoms with van der Waals surface area (Å²) in [5, 5.41) is 3.90. The van der Waals surface area contributed by atoms with Crippen LogP contribution in [0, 0.1) is 0 Å². The highest BCUT2D eigenvalue weighted by Gasteiger charge is 2.20. The Morgan fingerprint density at radius 2 is 2.00 bits per heavy atom. The number of benzene rings is 2. The summed E-state index contributed by atoms with van der Waals surface area (Å²) in [5.41, 5.74) is 3.36. The molecule has 10 heteroatoms. The predicted octanol–water partition coefficient (Wildman–Crippen LogP) is 2.94. The van der Waals surface area contributed by atoms with Gasteiger partial charge in [-0.15, -0.1) is 0 Å². The zero-order valence-electron chi connectivity index (χ0n) is 16.5. The van der Waals surface area contributed by atoms with Crippen molar-refractivity contribution in [2.45, 2.75) is 0 Å². The Balaban J connectivity index is 2.09. The summed E-state index contributed by atoms with van der Waals surface area (Å²) in [5.74, 6) is 0.411. The molecule has 0 aromatic heterocycles. The van der Waals surface area contributed by atoms with E-state index in [1.807, 2.05) is 0 Å². The molecule has 8 nitrogen and oxygen atoms in total. The van der Waals surface area contributed by atoms with Gasteiger partial charge in [-0.1, -0.05) is 30.9 Å². The van der Waals surface area contributed by atoms with E-state index in [0.29, 0.717) is 33.8 Å². The average molecular weight is 496 g/mol. The van der Waals surface area contributed by atoms with Gasteiger partial charge in [0.15, 0.2) is 11.5 Å². The van der Waals surface area contributed by atoms with Crippen LogP contribution in [0.2, 0.25) is 0 Å². The Kier molecular flexibility index (Phi) is 8.43. The number of para-hydroxylation sites is 1. The number of nitrogens with one attached hydrogen (secondary N) is 1. The largest absolute Gasteiger partial charge is 0.493 e. The molecule has 2 rings (SSSR count). The van der Waals surface area contributed by atoms with E-state index in [9.17, 15) is 13.2 Å². The molecule has 0 fully saturated rings. The summed E-state index contributed by atoms with van der Waals surface area (Å²) in [6.45, 7) is 3.52. The maximum absolute atomic E-state index is 12.2. The number of rotatable bonds is 10. The van der Waals surface area contributed by atoms with E-state index >= 15 is 0 Å². The molecule has 0 radical (unpaired) electrons. The molecule has 160 valence electrons. The van der Waals surface area contributed by atoms with Gasteiger partial charge in [0.1, 0.15) is 13.2 Å². The fourth-order valence-corrected chi connectivity index (χ4v) is 3.87. The molecule has 30 heavy (non-hydrogen) atoms. The van der Waals surface area contributed by atoms with Crippen LogP contribution in [0.4, 0.5) is 5.69 Å². The molecule has 0 aliphatic rings. The van der Waals surface area contributed by atoms with Gasteiger partial charge in [-0.05, 0) is 45.8 Å². The van der Waals surface area contributed by atoms with Crippen molar-refractivity contribution < 1.29 is 22.7 Å². The topological polar surface area (TPSA) is 97.3 Å². The first kappa shape index (κ1) is 23.4. The summed E-state index contributed by atoms with van der Waals surface area (Å²) in [6.07, 6.45) is 4.07. The fourth-order valence-electron chi connectivity index (χ4n) is 2.44. The lowest BCUT2D eigenvalue weighted by atomic mass is 10.2. The molecule has 0 saturated carbocycles. The molecule has 0 atom stereocenters. The number of amides is 1. The van der Waals surface area contributed by atoms with Crippen LogP contribution in [0.5, 0.6) is 11.5 Å². The zero-order chi connectivity index (χ0) is 22.1. The first-order chi connectivity index (χ1) is 14.3. The van der Waals surface area contributed by atoms with Gasteiger partial charge < -0.3 is 9.47 Å². The van der Waals surface area contributed by atoms with Crippen molar-refractivity contribution in [2.75, 3.05) is 30.8 Å². The first-order valence-corrected chi connectivity index (χ1v) is 11.4. The Hall–Kier alpha value is -2.85. The standard InChI is InChI=1S/C20H22BrN3O5S/c1-4-10-29-20-17(21)11-15(12-18(20)28-2)13-22-23-19(25)14-24(30(3,26)27)16-8-6-5-7-9-16/h4-9,11-13H,1,10,14H2,2-3H3,(H,23,25)/b22-13-. The highest BCUT2D eigenvalue weighted by atomic mass is 79.9. The second-order valence-electron chi connectivity index (χ2n) is 6.03. The number of anilines is 1. The van der Waals surface area contributed by atoms with Gasteiger partial charge in [-0.3, -0.25) is 9.10 Å². The minimum Gasteiger partial charge on any atom is -0.493 e. The number of ether oxygens (including phenoxy) is 2. The van der Waals surface area contributed by atoms with Crippen molar-refractivity contribution >= 4 is 43.8 Å². The molecule has 2 aromatic carbocycles.